The lowest BCUT2D eigenvalue weighted by atomic mass is 9.95. The van der Waals surface area contributed by atoms with Crippen molar-refractivity contribution in [2.24, 2.45) is 4.99 Å². The Balaban J connectivity index is 2.37. The Labute approximate surface area is 153 Å². The largest absolute Gasteiger partial charge is 0.477 e. The van der Waals surface area contributed by atoms with Gasteiger partial charge in [0.15, 0.2) is 0 Å². The number of benzene rings is 1. The van der Waals surface area contributed by atoms with Crippen LogP contribution in [0.15, 0.2) is 53.4 Å². The summed E-state index contributed by atoms with van der Waals surface area (Å²) in [6.07, 6.45) is 2.07. The van der Waals surface area contributed by atoms with Crippen LogP contribution in [0, 0.1) is 0 Å². The monoisotopic (exact) mass is 356 g/mol. The summed E-state index contributed by atoms with van der Waals surface area (Å²) in [5.41, 5.74) is 0.985. The molecule has 0 saturated carbocycles. The zero-order chi connectivity index (χ0) is 19.2. The van der Waals surface area contributed by atoms with Gasteiger partial charge in [0.2, 0.25) is 5.88 Å². The Morgan fingerprint density at radius 2 is 1.77 bits per heavy atom. The molecule has 0 aliphatic heterocycles. The van der Waals surface area contributed by atoms with Crippen LogP contribution in [0.5, 0.6) is 0 Å². The van der Waals surface area contributed by atoms with Gasteiger partial charge in [-0.25, -0.2) is 9.79 Å². The Morgan fingerprint density at radius 1 is 1.19 bits per heavy atom. The average molecular weight is 356 g/mol. The van der Waals surface area contributed by atoms with Gasteiger partial charge in [-0.05, 0) is 31.7 Å². The summed E-state index contributed by atoms with van der Waals surface area (Å²) in [5.74, 6) is -0.885. The summed E-state index contributed by atoms with van der Waals surface area (Å²) >= 11 is 0. The third kappa shape index (κ3) is 3.85. The number of fused-ring (bicyclic) bond motifs is 1. The molecule has 1 aliphatic carbocycles. The maximum absolute atomic E-state index is 12.9. The number of rotatable bonds is 8. The molecule has 1 N–H and O–H groups in total. The number of hydrogen-bond acceptors (Lipinski definition) is 5. The van der Waals surface area contributed by atoms with Gasteiger partial charge in [-0.1, -0.05) is 36.9 Å². The summed E-state index contributed by atoms with van der Waals surface area (Å²) in [4.78, 5) is 29.3. The van der Waals surface area contributed by atoms with E-state index in [1.807, 2.05) is 24.3 Å². The summed E-state index contributed by atoms with van der Waals surface area (Å²) in [6.45, 7) is 11.1. The normalized spacial score (nSPS) is 15.3. The van der Waals surface area contributed by atoms with Crippen LogP contribution in [0.3, 0.4) is 0 Å². The highest BCUT2D eigenvalue weighted by Crippen LogP contribution is 2.31. The molecule has 26 heavy (non-hydrogen) atoms. The number of ether oxygens (including phenoxy) is 2. The standard InChI is InChI=1S/C20H24N2O4/c1-5-16(18(21-4)25-6-2)17(23)22-20(19(24)26-7-3)12-14-10-8-9-11-15(14)13-20/h5,8-11H,1,4,6-7,12-13H2,2-3H3,(H,22,23)/b18-16-. The van der Waals surface area contributed by atoms with Crippen molar-refractivity contribution in [2.45, 2.75) is 32.2 Å². The number of hydrogen-bond donors (Lipinski definition) is 1. The number of aliphatic imine (C=N–C) groups is 1. The Bertz CT molecular complexity index is 727. The molecule has 6 heteroatoms. The van der Waals surface area contributed by atoms with E-state index in [1.165, 1.54) is 6.08 Å². The summed E-state index contributed by atoms with van der Waals surface area (Å²) in [7, 11) is 0. The van der Waals surface area contributed by atoms with Crippen molar-refractivity contribution in [2.75, 3.05) is 13.2 Å². The summed E-state index contributed by atoms with van der Waals surface area (Å²) in [6, 6.07) is 7.71. The third-order valence-corrected chi connectivity index (χ3v) is 4.23. The minimum Gasteiger partial charge on any atom is -0.477 e. The van der Waals surface area contributed by atoms with Gasteiger partial charge >= 0.3 is 5.97 Å². The molecule has 1 aromatic rings. The average Bonchev–Trinajstić information content (AvgIpc) is 3.01. The first-order valence-electron chi connectivity index (χ1n) is 8.54. The maximum Gasteiger partial charge on any atom is 0.332 e. The molecule has 6 nitrogen and oxygen atoms in total. The topological polar surface area (TPSA) is 77.0 Å². The molecule has 0 unspecified atom stereocenters. The van der Waals surface area contributed by atoms with Gasteiger partial charge in [-0.15, -0.1) is 0 Å². The summed E-state index contributed by atoms with van der Waals surface area (Å²) in [5, 5.41) is 2.84. The molecule has 0 radical (unpaired) electrons. The molecule has 0 aromatic heterocycles. The maximum atomic E-state index is 12.9. The van der Waals surface area contributed by atoms with Gasteiger partial charge in [0.25, 0.3) is 5.91 Å². The predicted octanol–water partition coefficient (Wildman–Crippen LogP) is 2.34. The van der Waals surface area contributed by atoms with Crippen LogP contribution in [0.2, 0.25) is 0 Å². The molecule has 0 bridgehead atoms. The first-order chi connectivity index (χ1) is 12.5. The van der Waals surface area contributed by atoms with Crippen LogP contribution in [0.1, 0.15) is 25.0 Å². The zero-order valence-corrected chi connectivity index (χ0v) is 15.2. The first-order valence-corrected chi connectivity index (χ1v) is 8.54. The van der Waals surface area contributed by atoms with Crippen molar-refractivity contribution in [3.63, 3.8) is 0 Å². The number of nitrogens with zero attached hydrogens (tertiary/aromatic N) is 1. The highest BCUT2D eigenvalue weighted by Gasteiger charge is 2.46. The van der Waals surface area contributed by atoms with Crippen molar-refractivity contribution in [1.82, 2.24) is 5.32 Å². The van der Waals surface area contributed by atoms with Crippen molar-refractivity contribution in [1.29, 1.82) is 0 Å². The Kier molecular flexibility index (Phi) is 6.33. The van der Waals surface area contributed by atoms with Crippen LogP contribution >= 0.6 is 0 Å². The molecular weight excluding hydrogens is 332 g/mol. The molecule has 1 aliphatic rings. The SMILES string of the molecule is C=C/C(C(=O)NC1(C(=O)OCC)Cc2ccccc2C1)=C(\N=C)OCC. The number of carbonyl (C=O) groups excluding carboxylic acids is 2. The fourth-order valence-corrected chi connectivity index (χ4v) is 3.08. The lowest BCUT2D eigenvalue weighted by Crippen LogP contribution is -2.56. The van der Waals surface area contributed by atoms with Crippen LogP contribution in [-0.2, 0) is 31.9 Å². The van der Waals surface area contributed by atoms with E-state index in [4.69, 9.17) is 9.47 Å². The summed E-state index contributed by atoms with van der Waals surface area (Å²) < 4.78 is 10.6. The molecule has 2 rings (SSSR count). The van der Waals surface area contributed by atoms with E-state index in [2.05, 4.69) is 23.6 Å². The highest BCUT2D eigenvalue weighted by atomic mass is 16.5. The first kappa shape index (κ1) is 19.4. The molecule has 1 aromatic carbocycles. The number of carbonyl (C=O) groups is 2. The van der Waals surface area contributed by atoms with Gasteiger partial charge in [0.1, 0.15) is 11.1 Å². The van der Waals surface area contributed by atoms with Crippen LogP contribution in [0.4, 0.5) is 0 Å². The Hall–Kier alpha value is -2.89. The van der Waals surface area contributed by atoms with Crippen molar-refractivity contribution in [3.05, 3.63) is 59.5 Å². The highest BCUT2D eigenvalue weighted by molar-refractivity contribution is 6.00. The molecule has 0 atom stereocenters. The van der Waals surface area contributed by atoms with E-state index in [-0.39, 0.29) is 18.1 Å². The van der Waals surface area contributed by atoms with E-state index >= 15 is 0 Å². The van der Waals surface area contributed by atoms with E-state index < -0.39 is 17.4 Å². The lowest BCUT2D eigenvalue weighted by molar-refractivity contribution is -0.152. The van der Waals surface area contributed by atoms with Gasteiger partial charge in [-0.2, -0.15) is 0 Å². The number of esters is 1. The number of amides is 1. The smallest absolute Gasteiger partial charge is 0.332 e. The van der Waals surface area contributed by atoms with Gasteiger partial charge < -0.3 is 14.8 Å². The van der Waals surface area contributed by atoms with E-state index in [9.17, 15) is 9.59 Å². The molecule has 0 spiro atoms. The van der Waals surface area contributed by atoms with Crippen LogP contribution in [-0.4, -0.2) is 37.3 Å². The fourth-order valence-electron chi connectivity index (χ4n) is 3.08. The molecule has 0 heterocycles. The molecule has 138 valence electrons. The second-order valence-corrected chi connectivity index (χ2v) is 5.89. The van der Waals surface area contributed by atoms with Gasteiger partial charge in [-0.3, -0.25) is 4.79 Å². The predicted molar refractivity (Wildman–Crippen MR) is 99.8 cm³/mol. The second kappa shape index (κ2) is 8.47. The molecule has 0 saturated heterocycles. The minimum absolute atomic E-state index is 0.0783. The lowest BCUT2D eigenvalue weighted by Gasteiger charge is -2.28. The molecule has 0 fully saturated rings. The number of nitrogens with one attached hydrogen (secondary N) is 1. The van der Waals surface area contributed by atoms with Crippen molar-refractivity contribution in [3.8, 4) is 0 Å². The van der Waals surface area contributed by atoms with Crippen LogP contribution < -0.4 is 5.32 Å². The van der Waals surface area contributed by atoms with Crippen molar-refractivity contribution < 1.29 is 19.1 Å². The molecular formula is C20H24N2O4. The zero-order valence-electron chi connectivity index (χ0n) is 15.2. The quantitative estimate of drug-likeness (QED) is 0.255. The fraction of sp³-hybridized carbons (Fsp3) is 0.350. The molecule has 1 amide bonds. The van der Waals surface area contributed by atoms with E-state index in [0.29, 0.717) is 19.4 Å². The second-order valence-electron chi connectivity index (χ2n) is 5.89. The van der Waals surface area contributed by atoms with Crippen molar-refractivity contribution >= 4 is 18.6 Å². The van der Waals surface area contributed by atoms with Crippen LogP contribution in [0.25, 0.3) is 0 Å². The van der Waals surface area contributed by atoms with E-state index in [0.717, 1.165) is 11.1 Å². The van der Waals surface area contributed by atoms with Gasteiger partial charge in [0, 0.05) is 12.8 Å². The van der Waals surface area contributed by atoms with Gasteiger partial charge in [0.05, 0.1) is 13.2 Å². The third-order valence-electron chi connectivity index (χ3n) is 4.23. The Morgan fingerprint density at radius 3 is 2.23 bits per heavy atom. The van der Waals surface area contributed by atoms with E-state index in [1.54, 1.807) is 13.8 Å². The minimum atomic E-state index is -1.16.